The lowest BCUT2D eigenvalue weighted by Crippen LogP contribution is -2.31. The van der Waals surface area contributed by atoms with Gasteiger partial charge < -0.3 is 10.1 Å². The maximum Gasteiger partial charge on any atom is 0.453 e. The molecule has 31 heavy (non-hydrogen) atoms. The summed E-state index contributed by atoms with van der Waals surface area (Å²) < 4.78 is 45.2. The molecule has 7 nitrogen and oxygen atoms in total. The third kappa shape index (κ3) is 4.62. The molecule has 0 aliphatic heterocycles. The van der Waals surface area contributed by atoms with Crippen molar-refractivity contribution >= 4 is 11.7 Å². The fraction of sp³-hybridized carbons (Fsp3) is 0.429. The lowest BCUT2D eigenvalue weighted by Gasteiger charge is -2.28. The molecular formula is C21H22F3N5O2. The highest BCUT2D eigenvalue weighted by Gasteiger charge is 2.37. The number of rotatable bonds is 5. The number of nitrogens with zero attached hydrogens (tertiary/aromatic N) is 4. The number of halogens is 3. The molecule has 0 saturated heterocycles. The number of fused-ring (bicyclic) bond motifs is 1. The van der Waals surface area contributed by atoms with Gasteiger partial charge in [0.05, 0.1) is 12.8 Å². The molecule has 0 radical (unpaired) electrons. The molecule has 1 saturated carbocycles. The number of aromatic nitrogens is 4. The summed E-state index contributed by atoms with van der Waals surface area (Å²) in [6.45, 7) is 0.552. The summed E-state index contributed by atoms with van der Waals surface area (Å²) in [5.41, 5.74) is 1.23. The third-order valence-electron chi connectivity index (χ3n) is 5.67. The lowest BCUT2D eigenvalue weighted by molar-refractivity contribution is -0.144. The highest BCUT2D eigenvalue weighted by atomic mass is 19.4. The quantitative estimate of drug-likeness (QED) is 0.661. The predicted molar refractivity (Wildman–Crippen MR) is 106 cm³/mol. The Labute approximate surface area is 176 Å². The summed E-state index contributed by atoms with van der Waals surface area (Å²) >= 11 is 0. The van der Waals surface area contributed by atoms with E-state index < -0.39 is 12.0 Å². The number of hydrogen-bond donors (Lipinski definition) is 1. The van der Waals surface area contributed by atoms with Gasteiger partial charge in [0, 0.05) is 24.2 Å². The van der Waals surface area contributed by atoms with Crippen molar-refractivity contribution in [1.29, 1.82) is 0 Å². The van der Waals surface area contributed by atoms with Crippen molar-refractivity contribution in [3.05, 3.63) is 53.6 Å². The van der Waals surface area contributed by atoms with E-state index in [4.69, 9.17) is 4.74 Å². The Morgan fingerprint density at radius 1 is 1.23 bits per heavy atom. The first-order chi connectivity index (χ1) is 14.8. The number of nitrogens with one attached hydrogen (secondary N) is 1. The van der Waals surface area contributed by atoms with Crippen LogP contribution in [0.5, 0.6) is 5.75 Å². The van der Waals surface area contributed by atoms with Gasteiger partial charge in [0.25, 0.3) is 17.5 Å². The van der Waals surface area contributed by atoms with Gasteiger partial charge in [0.2, 0.25) is 0 Å². The zero-order valence-corrected chi connectivity index (χ0v) is 16.9. The van der Waals surface area contributed by atoms with Crippen LogP contribution in [0.1, 0.15) is 53.5 Å². The minimum Gasteiger partial charge on any atom is -0.497 e. The molecule has 1 fully saturated rings. The highest BCUT2D eigenvalue weighted by molar-refractivity contribution is 5.94. The van der Waals surface area contributed by atoms with Crippen LogP contribution >= 0.6 is 0 Å². The lowest BCUT2D eigenvalue weighted by atomic mass is 9.80. The Hall–Kier alpha value is -3.17. The summed E-state index contributed by atoms with van der Waals surface area (Å²) in [7, 11) is 1.55. The molecule has 0 atom stereocenters. The van der Waals surface area contributed by atoms with Crippen LogP contribution in [-0.2, 0) is 6.18 Å². The van der Waals surface area contributed by atoms with E-state index in [0.29, 0.717) is 29.5 Å². The molecule has 3 aromatic rings. The molecule has 1 aromatic carbocycles. The van der Waals surface area contributed by atoms with E-state index >= 15 is 0 Å². The van der Waals surface area contributed by atoms with E-state index in [1.54, 1.807) is 37.4 Å². The van der Waals surface area contributed by atoms with E-state index in [1.807, 2.05) is 0 Å². The van der Waals surface area contributed by atoms with Crippen molar-refractivity contribution < 1.29 is 22.7 Å². The Morgan fingerprint density at radius 2 is 2.00 bits per heavy atom. The Bertz CT molecular complexity index is 1070. The standard InChI is InChI=1S/C21H22F3N5O2/c1-31-16-4-2-3-15(11-16)18(30)26-12-13-5-7-14(8-6-13)17-9-10-25-20-27-19(21(22,23)24)28-29(17)20/h2-4,9-11,13-14H,5-8,12H2,1H3,(H,26,30). The molecule has 1 amide bonds. The maximum atomic E-state index is 13.0. The van der Waals surface area contributed by atoms with Crippen LogP contribution < -0.4 is 10.1 Å². The fourth-order valence-electron chi connectivity index (χ4n) is 4.01. The Morgan fingerprint density at radius 3 is 2.71 bits per heavy atom. The number of benzene rings is 1. The van der Waals surface area contributed by atoms with Crippen LogP contribution in [0.15, 0.2) is 36.5 Å². The molecule has 10 heteroatoms. The molecule has 0 unspecified atom stereocenters. The van der Waals surface area contributed by atoms with Gasteiger partial charge in [-0.15, -0.1) is 5.10 Å². The Kier molecular flexibility index (Phi) is 5.79. The van der Waals surface area contributed by atoms with E-state index in [9.17, 15) is 18.0 Å². The first kappa shape index (κ1) is 21.1. The summed E-state index contributed by atoms with van der Waals surface area (Å²) in [5.74, 6) is -0.375. The van der Waals surface area contributed by atoms with E-state index in [0.717, 1.165) is 25.7 Å². The molecule has 4 rings (SSSR count). The average Bonchev–Trinajstić information content (AvgIpc) is 3.23. The SMILES string of the molecule is COc1cccc(C(=O)NCC2CCC(c3ccnc4nc(C(F)(F)F)nn34)CC2)c1. The zero-order chi connectivity index (χ0) is 22.0. The van der Waals surface area contributed by atoms with Gasteiger partial charge in [-0.3, -0.25) is 4.79 Å². The average molecular weight is 433 g/mol. The van der Waals surface area contributed by atoms with Gasteiger partial charge in [0.1, 0.15) is 5.75 Å². The predicted octanol–water partition coefficient (Wildman–Crippen LogP) is 3.86. The first-order valence-corrected chi connectivity index (χ1v) is 10.1. The van der Waals surface area contributed by atoms with E-state index in [-0.39, 0.29) is 17.6 Å². The van der Waals surface area contributed by atoms with Gasteiger partial charge in [0.15, 0.2) is 0 Å². The summed E-state index contributed by atoms with van der Waals surface area (Å²) in [6.07, 6.45) is 0.158. The molecule has 1 N–H and O–H groups in total. The smallest absolute Gasteiger partial charge is 0.453 e. The number of carbonyl (C=O) groups is 1. The van der Waals surface area contributed by atoms with Crippen LogP contribution in [0, 0.1) is 5.92 Å². The monoisotopic (exact) mass is 433 g/mol. The van der Waals surface area contributed by atoms with Crippen molar-refractivity contribution in [2.45, 2.75) is 37.8 Å². The van der Waals surface area contributed by atoms with E-state index in [2.05, 4.69) is 20.4 Å². The van der Waals surface area contributed by atoms with Crippen molar-refractivity contribution in [3.8, 4) is 5.75 Å². The number of hydrogen-bond acceptors (Lipinski definition) is 5. The molecule has 0 spiro atoms. The van der Waals surface area contributed by atoms with Crippen LogP contribution in [0.3, 0.4) is 0 Å². The van der Waals surface area contributed by atoms with Gasteiger partial charge in [-0.05, 0) is 55.9 Å². The number of methoxy groups -OCH3 is 1. The minimum atomic E-state index is -4.61. The molecule has 1 aliphatic rings. The van der Waals surface area contributed by atoms with Crippen LogP contribution in [-0.4, -0.2) is 39.1 Å². The number of ether oxygens (including phenoxy) is 1. The highest BCUT2D eigenvalue weighted by Crippen LogP contribution is 2.36. The third-order valence-corrected chi connectivity index (χ3v) is 5.67. The molecule has 2 heterocycles. The molecule has 0 bridgehead atoms. The minimum absolute atomic E-state index is 0.0440. The van der Waals surface area contributed by atoms with Crippen molar-refractivity contribution in [2.24, 2.45) is 5.92 Å². The zero-order valence-electron chi connectivity index (χ0n) is 16.9. The topological polar surface area (TPSA) is 81.4 Å². The van der Waals surface area contributed by atoms with Crippen LogP contribution in [0.25, 0.3) is 5.78 Å². The summed E-state index contributed by atoms with van der Waals surface area (Å²) in [4.78, 5) is 19.8. The first-order valence-electron chi connectivity index (χ1n) is 10.1. The number of amides is 1. The second kappa shape index (κ2) is 8.52. The molecule has 1 aliphatic carbocycles. The molecule has 164 valence electrons. The summed E-state index contributed by atoms with van der Waals surface area (Å²) in [5, 5.41) is 6.60. The molecule has 2 aromatic heterocycles. The van der Waals surface area contributed by atoms with Crippen molar-refractivity contribution in [2.75, 3.05) is 13.7 Å². The Balaban J connectivity index is 1.37. The number of alkyl halides is 3. The second-order valence-corrected chi connectivity index (χ2v) is 7.67. The van der Waals surface area contributed by atoms with E-state index in [1.165, 1.54) is 10.7 Å². The van der Waals surface area contributed by atoms with Crippen molar-refractivity contribution in [3.63, 3.8) is 0 Å². The maximum absolute atomic E-state index is 13.0. The van der Waals surface area contributed by atoms with Gasteiger partial charge in [-0.25, -0.2) is 9.50 Å². The summed E-state index contributed by atoms with van der Waals surface area (Å²) in [6, 6.07) is 8.67. The fourth-order valence-corrected chi connectivity index (χ4v) is 4.01. The van der Waals surface area contributed by atoms with Gasteiger partial charge in [-0.2, -0.15) is 18.2 Å². The van der Waals surface area contributed by atoms with Gasteiger partial charge >= 0.3 is 6.18 Å². The molecular weight excluding hydrogens is 411 g/mol. The van der Waals surface area contributed by atoms with Crippen LogP contribution in [0.2, 0.25) is 0 Å². The normalized spacial score (nSPS) is 19.4. The second-order valence-electron chi connectivity index (χ2n) is 7.67. The van der Waals surface area contributed by atoms with Crippen LogP contribution in [0.4, 0.5) is 13.2 Å². The van der Waals surface area contributed by atoms with Crippen molar-refractivity contribution in [1.82, 2.24) is 24.9 Å². The van der Waals surface area contributed by atoms with Gasteiger partial charge in [-0.1, -0.05) is 6.07 Å². The number of carbonyl (C=O) groups excluding carboxylic acids is 1. The largest absolute Gasteiger partial charge is 0.497 e.